The van der Waals surface area contributed by atoms with Gasteiger partial charge in [-0.1, -0.05) is 69.6 Å². The summed E-state index contributed by atoms with van der Waals surface area (Å²) in [7, 11) is 1.39. The second-order valence-corrected chi connectivity index (χ2v) is 7.17. The average molecular weight is 385 g/mol. The number of hydrogen-bond acceptors (Lipinski definition) is 1. The third kappa shape index (κ3) is 4.92. The molecule has 0 aliphatic carbocycles. The standard InChI is InChI=1S/C10H8Cl6N2O/c1-18(8(13)10(14,15)16)9(19)17-7-3-2-5(11)4-6(7)12/h2-4,8H,1H3,(H,17,19). The van der Waals surface area contributed by atoms with E-state index in [1.807, 2.05) is 0 Å². The first-order valence-electron chi connectivity index (χ1n) is 4.82. The molecule has 1 unspecified atom stereocenters. The maximum atomic E-state index is 11.9. The minimum absolute atomic E-state index is 0.286. The summed E-state index contributed by atoms with van der Waals surface area (Å²) in [5, 5.41) is 3.26. The van der Waals surface area contributed by atoms with Crippen LogP contribution in [-0.2, 0) is 0 Å². The Morgan fingerprint density at radius 2 is 1.89 bits per heavy atom. The predicted octanol–water partition coefficient (Wildman–Crippen LogP) is 5.39. The maximum absolute atomic E-state index is 11.9. The Kier molecular flexibility index (Phi) is 6.18. The molecule has 3 nitrogen and oxygen atoms in total. The number of amides is 2. The zero-order chi connectivity index (χ0) is 14.8. The molecule has 1 N–H and O–H groups in total. The SMILES string of the molecule is CN(C(=O)Nc1ccc(Cl)cc1Cl)C(Cl)C(Cl)(Cl)Cl. The van der Waals surface area contributed by atoms with Crippen LogP contribution >= 0.6 is 69.6 Å². The van der Waals surface area contributed by atoms with Gasteiger partial charge in [0, 0.05) is 12.1 Å². The number of urea groups is 1. The van der Waals surface area contributed by atoms with Crippen molar-refractivity contribution >= 4 is 81.3 Å². The Labute approximate surface area is 140 Å². The lowest BCUT2D eigenvalue weighted by Gasteiger charge is -2.28. The third-order valence-corrected chi connectivity index (χ3v) is 4.23. The Morgan fingerprint density at radius 3 is 2.37 bits per heavy atom. The van der Waals surface area contributed by atoms with Gasteiger partial charge in [-0.05, 0) is 18.2 Å². The number of halogens is 6. The summed E-state index contributed by atoms with van der Waals surface area (Å²) in [6.07, 6.45) is 0. The molecule has 0 spiro atoms. The van der Waals surface area contributed by atoms with Crippen molar-refractivity contribution in [2.75, 3.05) is 12.4 Å². The first kappa shape index (κ1) is 17.3. The number of alkyl halides is 4. The highest BCUT2D eigenvalue weighted by Gasteiger charge is 2.36. The number of carbonyl (C=O) groups excluding carboxylic acids is 1. The summed E-state index contributed by atoms with van der Waals surface area (Å²) in [5.74, 6) is 0. The molecule has 0 saturated carbocycles. The molecular formula is C10H8Cl6N2O. The van der Waals surface area contributed by atoms with Crippen LogP contribution in [0, 0.1) is 0 Å². The topological polar surface area (TPSA) is 32.3 Å². The van der Waals surface area contributed by atoms with Crippen molar-refractivity contribution in [1.82, 2.24) is 4.90 Å². The monoisotopic (exact) mass is 382 g/mol. The summed E-state index contributed by atoms with van der Waals surface area (Å²) in [6.45, 7) is 0. The Bertz CT molecular complexity index is 476. The fraction of sp³-hybridized carbons (Fsp3) is 0.300. The highest BCUT2D eigenvalue weighted by molar-refractivity contribution is 6.70. The molecule has 9 heteroatoms. The van der Waals surface area contributed by atoms with Crippen molar-refractivity contribution in [3.05, 3.63) is 28.2 Å². The molecule has 106 valence electrons. The van der Waals surface area contributed by atoms with E-state index in [0.29, 0.717) is 10.7 Å². The summed E-state index contributed by atoms with van der Waals surface area (Å²) in [6, 6.07) is 4.05. The minimum Gasteiger partial charge on any atom is -0.307 e. The largest absolute Gasteiger partial charge is 0.322 e. The van der Waals surface area contributed by atoms with Gasteiger partial charge in [-0.15, -0.1) is 0 Å². The lowest BCUT2D eigenvalue weighted by atomic mass is 10.3. The van der Waals surface area contributed by atoms with Crippen LogP contribution in [0.15, 0.2) is 18.2 Å². The van der Waals surface area contributed by atoms with Crippen molar-refractivity contribution in [1.29, 1.82) is 0 Å². The van der Waals surface area contributed by atoms with Gasteiger partial charge in [0.2, 0.25) is 3.79 Å². The molecule has 1 aromatic carbocycles. The van der Waals surface area contributed by atoms with Gasteiger partial charge < -0.3 is 10.2 Å². The van der Waals surface area contributed by atoms with E-state index in [1.54, 1.807) is 12.1 Å². The molecule has 0 saturated heterocycles. The molecule has 19 heavy (non-hydrogen) atoms. The second kappa shape index (κ2) is 6.79. The van der Waals surface area contributed by atoms with Gasteiger partial charge in [0.15, 0.2) is 5.50 Å². The molecule has 1 atom stereocenters. The van der Waals surface area contributed by atoms with Crippen molar-refractivity contribution < 1.29 is 4.79 Å². The first-order chi connectivity index (χ1) is 8.62. The summed E-state index contributed by atoms with van der Waals surface area (Å²) in [5.41, 5.74) is -0.764. The van der Waals surface area contributed by atoms with Crippen LogP contribution in [-0.4, -0.2) is 27.3 Å². The number of hydrogen-bond donors (Lipinski definition) is 1. The van der Waals surface area contributed by atoms with Crippen molar-refractivity contribution in [3.63, 3.8) is 0 Å². The summed E-state index contributed by atoms with van der Waals surface area (Å²) >= 11 is 34.3. The molecule has 0 heterocycles. The van der Waals surface area contributed by atoms with Crippen LogP contribution in [0.25, 0.3) is 0 Å². The first-order valence-corrected chi connectivity index (χ1v) is 7.15. The van der Waals surface area contributed by atoms with E-state index in [9.17, 15) is 4.79 Å². The van der Waals surface area contributed by atoms with E-state index < -0.39 is 15.3 Å². The molecule has 2 amide bonds. The van der Waals surface area contributed by atoms with Crippen molar-refractivity contribution in [3.8, 4) is 0 Å². The average Bonchev–Trinajstić information content (AvgIpc) is 2.29. The zero-order valence-electron chi connectivity index (χ0n) is 9.43. The second-order valence-electron chi connectivity index (χ2n) is 3.54. The quantitative estimate of drug-likeness (QED) is 0.538. The lowest BCUT2D eigenvalue weighted by Crippen LogP contribution is -2.43. The number of rotatable bonds is 2. The smallest absolute Gasteiger partial charge is 0.307 e. The van der Waals surface area contributed by atoms with Gasteiger partial charge in [-0.2, -0.15) is 0 Å². The fourth-order valence-corrected chi connectivity index (χ4v) is 2.10. The van der Waals surface area contributed by atoms with E-state index in [2.05, 4.69) is 5.32 Å². The van der Waals surface area contributed by atoms with Crippen LogP contribution in [0.5, 0.6) is 0 Å². The predicted molar refractivity (Wildman–Crippen MR) is 83.2 cm³/mol. The molecule has 1 rings (SSSR count). The number of nitrogens with one attached hydrogen (secondary N) is 1. The Morgan fingerprint density at radius 1 is 1.32 bits per heavy atom. The minimum atomic E-state index is -1.81. The number of nitrogens with zero attached hydrogens (tertiary/aromatic N) is 1. The van der Waals surface area contributed by atoms with Crippen molar-refractivity contribution in [2.45, 2.75) is 9.29 Å². The summed E-state index contributed by atoms with van der Waals surface area (Å²) < 4.78 is -1.81. The third-order valence-electron chi connectivity index (χ3n) is 2.10. The highest BCUT2D eigenvalue weighted by atomic mass is 35.6. The fourth-order valence-electron chi connectivity index (χ4n) is 1.12. The van der Waals surface area contributed by atoms with Gasteiger partial charge in [-0.25, -0.2) is 4.79 Å². The normalized spacial score (nSPS) is 13.0. The van der Waals surface area contributed by atoms with Crippen LogP contribution < -0.4 is 5.32 Å². The van der Waals surface area contributed by atoms with Crippen LogP contribution in [0.4, 0.5) is 10.5 Å². The molecular weight excluding hydrogens is 377 g/mol. The Balaban J connectivity index is 2.80. The lowest BCUT2D eigenvalue weighted by molar-refractivity contribution is 0.218. The number of benzene rings is 1. The zero-order valence-corrected chi connectivity index (χ0v) is 14.0. The van der Waals surface area contributed by atoms with Crippen LogP contribution in [0.1, 0.15) is 0 Å². The number of anilines is 1. The van der Waals surface area contributed by atoms with E-state index in [-0.39, 0.29) is 5.02 Å². The van der Waals surface area contributed by atoms with Gasteiger partial charge in [-0.3, -0.25) is 0 Å². The molecule has 0 aromatic heterocycles. The molecule has 0 fully saturated rings. The van der Waals surface area contributed by atoms with E-state index in [1.165, 1.54) is 13.1 Å². The van der Waals surface area contributed by atoms with E-state index in [0.717, 1.165) is 4.90 Å². The molecule has 0 aliphatic heterocycles. The molecule has 0 bridgehead atoms. The van der Waals surface area contributed by atoms with Gasteiger partial charge in [0.1, 0.15) is 0 Å². The highest BCUT2D eigenvalue weighted by Crippen LogP contribution is 2.35. The van der Waals surface area contributed by atoms with E-state index in [4.69, 9.17) is 69.6 Å². The van der Waals surface area contributed by atoms with Crippen molar-refractivity contribution in [2.24, 2.45) is 0 Å². The molecule has 0 aliphatic rings. The molecule has 0 radical (unpaired) electrons. The number of carbonyl (C=O) groups is 1. The molecule has 1 aromatic rings. The maximum Gasteiger partial charge on any atom is 0.322 e. The van der Waals surface area contributed by atoms with Crippen LogP contribution in [0.2, 0.25) is 10.0 Å². The summed E-state index contributed by atoms with van der Waals surface area (Å²) in [4.78, 5) is 12.9. The van der Waals surface area contributed by atoms with Gasteiger partial charge >= 0.3 is 6.03 Å². The van der Waals surface area contributed by atoms with Crippen LogP contribution in [0.3, 0.4) is 0 Å². The van der Waals surface area contributed by atoms with E-state index >= 15 is 0 Å². The Hall–Kier alpha value is 0.230. The van der Waals surface area contributed by atoms with Gasteiger partial charge in [0.25, 0.3) is 0 Å². The van der Waals surface area contributed by atoms with Gasteiger partial charge in [0.05, 0.1) is 10.7 Å².